The van der Waals surface area contributed by atoms with E-state index in [0.717, 1.165) is 0 Å². The summed E-state index contributed by atoms with van der Waals surface area (Å²) in [5, 5.41) is 9.54. The largest absolute Gasteiger partial charge is 0.388 e. The molecular weight excluding hydrogens is 224 g/mol. The van der Waals surface area contributed by atoms with Crippen molar-refractivity contribution < 1.29 is 24.1 Å². The zero-order valence-corrected chi connectivity index (χ0v) is 10.6. The van der Waals surface area contributed by atoms with Crippen molar-refractivity contribution in [3.63, 3.8) is 0 Å². The van der Waals surface area contributed by atoms with Gasteiger partial charge in [-0.05, 0) is 13.8 Å². The van der Waals surface area contributed by atoms with Crippen molar-refractivity contribution in [1.29, 1.82) is 0 Å². The number of hydrogen-bond acceptors (Lipinski definition) is 5. The molecule has 1 saturated heterocycles. The van der Waals surface area contributed by atoms with E-state index in [2.05, 4.69) is 6.58 Å². The molecule has 1 fully saturated rings. The van der Waals surface area contributed by atoms with Gasteiger partial charge in [0.2, 0.25) is 0 Å². The summed E-state index contributed by atoms with van der Waals surface area (Å²) in [6.07, 6.45) is 0.875. The molecule has 0 bridgehead atoms. The van der Waals surface area contributed by atoms with Crippen molar-refractivity contribution >= 4 is 0 Å². The lowest BCUT2D eigenvalue weighted by Crippen LogP contribution is -2.44. The Kier molecular flexibility index (Phi) is 6.08. The highest BCUT2D eigenvalue weighted by molar-refractivity contribution is 4.68. The van der Waals surface area contributed by atoms with Gasteiger partial charge in [-0.1, -0.05) is 6.08 Å². The Balaban J connectivity index is 2.08. The molecule has 0 aromatic heterocycles. The third-order valence-electron chi connectivity index (χ3n) is 2.30. The second-order valence-electron chi connectivity index (χ2n) is 4.46. The zero-order chi connectivity index (χ0) is 12.7. The molecule has 1 unspecified atom stereocenters. The summed E-state index contributed by atoms with van der Waals surface area (Å²) in [5.41, 5.74) is 0. The van der Waals surface area contributed by atoms with Gasteiger partial charge in [0.25, 0.3) is 0 Å². The molecule has 0 amide bonds. The fraction of sp³-hybridized carbons (Fsp3) is 0.833. The van der Waals surface area contributed by atoms with Gasteiger partial charge in [-0.2, -0.15) is 0 Å². The Morgan fingerprint density at radius 2 is 2.06 bits per heavy atom. The Morgan fingerprint density at radius 1 is 1.41 bits per heavy atom. The summed E-state index contributed by atoms with van der Waals surface area (Å²) >= 11 is 0. The SMILES string of the molecule is C=CCOCC(O)COC1COC(C)(C)OC1. The maximum atomic E-state index is 9.54. The number of aliphatic hydroxyl groups excluding tert-OH is 1. The van der Waals surface area contributed by atoms with Crippen molar-refractivity contribution in [2.45, 2.75) is 31.8 Å². The van der Waals surface area contributed by atoms with Crippen LogP contribution < -0.4 is 0 Å². The maximum absolute atomic E-state index is 9.54. The molecule has 1 aliphatic rings. The van der Waals surface area contributed by atoms with E-state index in [0.29, 0.717) is 19.8 Å². The van der Waals surface area contributed by atoms with Crippen LogP contribution in [0.1, 0.15) is 13.8 Å². The highest BCUT2D eigenvalue weighted by atomic mass is 16.7. The Morgan fingerprint density at radius 3 is 2.65 bits per heavy atom. The molecule has 1 rings (SSSR count). The van der Waals surface area contributed by atoms with Crippen LogP contribution in [0.4, 0.5) is 0 Å². The highest BCUT2D eigenvalue weighted by Gasteiger charge is 2.28. The first-order valence-electron chi connectivity index (χ1n) is 5.80. The quantitative estimate of drug-likeness (QED) is 0.530. The summed E-state index contributed by atoms with van der Waals surface area (Å²) < 4.78 is 21.4. The minimum atomic E-state index is -0.634. The van der Waals surface area contributed by atoms with Crippen LogP contribution >= 0.6 is 0 Å². The molecular formula is C12H22O5. The summed E-state index contributed by atoms with van der Waals surface area (Å²) in [6.45, 7) is 9.09. The first-order chi connectivity index (χ1) is 8.03. The molecule has 1 heterocycles. The van der Waals surface area contributed by atoms with Crippen molar-refractivity contribution in [1.82, 2.24) is 0 Å². The van der Waals surface area contributed by atoms with Crippen molar-refractivity contribution in [2.24, 2.45) is 0 Å². The van der Waals surface area contributed by atoms with E-state index in [9.17, 15) is 5.11 Å². The lowest BCUT2D eigenvalue weighted by molar-refractivity contribution is -0.281. The van der Waals surface area contributed by atoms with Gasteiger partial charge < -0.3 is 24.1 Å². The predicted octanol–water partition coefficient (Wildman–Crippen LogP) is 0.718. The summed E-state index contributed by atoms with van der Waals surface area (Å²) in [6, 6.07) is 0. The molecule has 0 aromatic rings. The molecule has 1 aliphatic heterocycles. The van der Waals surface area contributed by atoms with Crippen LogP contribution in [0.25, 0.3) is 0 Å². The summed E-state index contributed by atoms with van der Waals surface area (Å²) in [4.78, 5) is 0. The van der Waals surface area contributed by atoms with Crippen LogP contribution in [0.15, 0.2) is 12.7 Å². The van der Waals surface area contributed by atoms with Crippen LogP contribution in [-0.2, 0) is 18.9 Å². The van der Waals surface area contributed by atoms with Crippen molar-refractivity contribution in [3.8, 4) is 0 Å². The third-order valence-corrected chi connectivity index (χ3v) is 2.30. The molecule has 5 nitrogen and oxygen atoms in total. The molecule has 17 heavy (non-hydrogen) atoms. The van der Waals surface area contributed by atoms with Crippen LogP contribution in [0.3, 0.4) is 0 Å². The second-order valence-corrected chi connectivity index (χ2v) is 4.46. The van der Waals surface area contributed by atoms with Gasteiger partial charge in [0, 0.05) is 0 Å². The Hall–Kier alpha value is -0.460. The lowest BCUT2D eigenvalue weighted by atomic mass is 10.3. The second kappa shape index (κ2) is 7.08. The van der Waals surface area contributed by atoms with E-state index in [1.54, 1.807) is 6.08 Å². The fourth-order valence-electron chi connectivity index (χ4n) is 1.36. The Labute approximate surface area is 102 Å². The first-order valence-corrected chi connectivity index (χ1v) is 5.80. The third kappa shape index (κ3) is 6.14. The number of hydrogen-bond donors (Lipinski definition) is 1. The average Bonchev–Trinajstić information content (AvgIpc) is 2.28. The van der Waals surface area contributed by atoms with Gasteiger partial charge in [-0.15, -0.1) is 6.58 Å². The predicted molar refractivity (Wildman–Crippen MR) is 62.7 cm³/mol. The van der Waals surface area contributed by atoms with Gasteiger partial charge in [0.15, 0.2) is 5.79 Å². The molecule has 100 valence electrons. The van der Waals surface area contributed by atoms with Gasteiger partial charge in [0.1, 0.15) is 12.2 Å². The molecule has 1 N–H and O–H groups in total. The van der Waals surface area contributed by atoms with Gasteiger partial charge in [-0.25, -0.2) is 0 Å². The number of ether oxygens (including phenoxy) is 4. The maximum Gasteiger partial charge on any atom is 0.163 e. The Bertz CT molecular complexity index is 219. The molecule has 0 aromatic carbocycles. The first kappa shape index (κ1) is 14.6. The standard InChI is InChI=1S/C12H22O5/c1-4-5-14-6-10(13)7-15-11-8-16-12(2,3)17-9-11/h4,10-11,13H,1,5-9H2,2-3H3. The normalized spacial score (nSPS) is 22.3. The molecule has 1 atom stereocenters. The number of rotatable bonds is 7. The monoisotopic (exact) mass is 246 g/mol. The summed E-state index contributed by atoms with van der Waals surface area (Å²) in [5.74, 6) is -0.536. The van der Waals surface area contributed by atoms with E-state index < -0.39 is 11.9 Å². The zero-order valence-electron chi connectivity index (χ0n) is 10.6. The molecule has 0 aliphatic carbocycles. The summed E-state index contributed by atoms with van der Waals surface area (Å²) in [7, 11) is 0. The average molecular weight is 246 g/mol. The topological polar surface area (TPSA) is 57.2 Å². The molecule has 0 saturated carbocycles. The van der Waals surface area contributed by atoms with Gasteiger partial charge in [0.05, 0.1) is 33.0 Å². The van der Waals surface area contributed by atoms with Crippen molar-refractivity contribution in [3.05, 3.63) is 12.7 Å². The van der Waals surface area contributed by atoms with Crippen molar-refractivity contribution in [2.75, 3.05) is 33.0 Å². The van der Waals surface area contributed by atoms with E-state index in [1.165, 1.54) is 0 Å². The van der Waals surface area contributed by atoms with Gasteiger partial charge >= 0.3 is 0 Å². The van der Waals surface area contributed by atoms with E-state index in [-0.39, 0.29) is 19.3 Å². The van der Waals surface area contributed by atoms with E-state index in [1.807, 2.05) is 13.8 Å². The molecule has 0 radical (unpaired) electrons. The minimum Gasteiger partial charge on any atom is -0.388 e. The highest BCUT2D eigenvalue weighted by Crippen LogP contribution is 2.18. The smallest absolute Gasteiger partial charge is 0.163 e. The van der Waals surface area contributed by atoms with Crippen LogP contribution in [0, 0.1) is 0 Å². The molecule has 5 heteroatoms. The van der Waals surface area contributed by atoms with E-state index in [4.69, 9.17) is 18.9 Å². The van der Waals surface area contributed by atoms with Gasteiger partial charge in [-0.3, -0.25) is 0 Å². The fourth-order valence-corrected chi connectivity index (χ4v) is 1.36. The van der Waals surface area contributed by atoms with E-state index >= 15 is 0 Å². The van der Waals surface area contributed by atoms with Crippen LogP contribution in [-0.4, -0.2) is 56.1 Å². The van der Waals surface area contributed by atoms with Crippen LogP contribution in [0.5, 0.6) is 0 Å². The number of aliphatic hydroxyl groups is 1. The lowest BCUT2D eigenvalue weighted by Gasteiger charge is -2.35. The minimum absolute atomic E-state index is 0.128. The van der Waals surface area contributed by atoms with Crippen LogP contribution in [0.2, 0.25) is 0 Å². The molecule has 0 spiro atoms.